The first-order valence-corrected chi connectivity index (χ1v) is 10.3. The van der Waals surface area contributed by atoms with Crippen LogP contribution in [-0.2, 0) is 14.3 Å². The summed E-state index contributed by atoms with van der Waals surface area (Å²) < 4.78 is 9.56. The predicted molar refractivity (Wildman–Crippen MR) is 119 cm³/mol. The van der Waals surface area contributed by atoms with Crippen LogP contribution in [0.3, 0.4) is 0 Å². The van der Waals surface area contributed by atoms with E-state index in [4.69, 9.17) is 9.47 Å². The molecule has 3 aromatic carbocycles. The molecule has 3 aromatic rings. The van der Waals surface area contributed by atoms with Crippen molar-refractivity contribution < 1.29 is 23.9 Å². The Bertz CT molecular complexity index is 1070. The highest BCUT2D eigenvalue weighted by Gasteiger charge is 2.25. The maximum atomic E-state index is 13.3. The molecule has 0 bridgehead atoms. The highest BCUT2D eigenvalue weighted by molar-refractivity contribution is 8.00. The Balaban J connectivity index is 1.97. The fourth-order valence-corrected chi connectivity index (χ4v) is 3.96. The second kappa shape index (κ2) is 10.4. The first kappa shape index (κ1) is 22.1. The molecule has 0 fully saturated rings. The minimum atomic E-state index is -0.626. The van der Waals surface area contributed by atoms with Crippen LogP contribution in [-0.4, -0.2) is 32.1 Å². The molecule has 31 heavy (non-hydrogen) atoms. The monoisotopic (exact) mass is 435 g/mol. The molecule has 3 rings (SSSR count). The molecule has 158 valence electrons. The van der Waals surface area contributed by atoms with Crippen molar-refractivity contribution in [3.8, 4) is 0 Å². The third-order valence-corrected chi connectivity index (χ3v) is 5.71. The Morgan fingerprint density at radius 2 is 1.42 bits per heavy atom. The molecule has 0 saturated heterocycles. The number of hydrogen-bond donors (Lipinski definition) is 1. The zero-order valence-electron chi connectivity index (χ0n) is 17.0. The van der Waals surface area contributed by atoms with Crippen LogP contribution in [0.2, 0.25) is 0 Å². The molecule has 0 saturated carbocycles. The number of anilines is 1. The number of nitrogens with one attached hydrogen (secondary N) is 1. The lowest BCUT2D eigenvalue weighted by atomic mass is 10.1. The van der Waals surface area contributed by atoms with Crippen molar-refractivity contribution in [2.45, 2.75) is 10.1 Å². The average molecular weight is 436 g/mol. The van der Waals surface area contributed by atoms with E-state index < -0.39 is 17.2 Å². The Kier molecular flexibility index (Phi) is 7.45. The van der Waals surface area contributed by atoms with Crippen molar-refractivity contribution in [1.82, 2.24) is 0 Å². The number of carbonyl (C=O) groups is 3. The van der Waals surface area contributed by atoms with E-state index in [2.05, 4.69) is 5.32 Å². The highest BCUT2D eigenvalue weighted by Crippen LogP contribution is 2.36. The number of thioether (sulfide) groups is 1. The number of esters is 2. The molecule has 0 aliphatic carbocycles. The van der Waals surface area contributed by atoms with Crippen LogP contribution in [0.25, 0.3) is 0 Å². The van der Waals surface area contributed by atoms with Gasteiger partial charge in [-0.05, 0) is 35.9 Å². The van der Waals surface area contributed by atoms with Crippen LogP contribution in [0.5, 0.6) is 0 Å². The van der Waals surface area contributed by atoms with E-state index >= 15 is 0 Å². The second-order valence-corrected chi connectivity index (χ2v) is 7.63. The summed E-state index contributed by atoms with van der Waals surface area (Å²) in [7, 11) is 2.51. The fourth-order valence-electron chi connectivity index (χ4n) is 2.91. The SMILES string of the molecule is COC(=O)c1ccc(C(=O)OC)c(NC(=O)[C@H](Sc2ccccc2)c2ccccc2)c1. The number of benzene rings is 3. The maximum absolute atomic E-state index is 13.3. The molecule has 1 atom stereocenters. The molecular formula is C24H21NO5S. The molecule has 0 heterocycles. The van der Waals surface area contributed by atoms with E-state index in [1.807, 2.05) is 60.7 Å². The topological polar surface area (TPSA) is 81.7 Å². The summed E-state index contributed by atoms with van der Waals surface area (Å²) in [5.74, 6) is -1.55. The molecular weight excluding hydrogens is 414 g/mol. The molecule has 0 spiro atoms. The lowest BCUT2D eigenvalue weighted by Crippen LogP contribution is -2.21. The summed E-state index contributed by atoms with van der Waals surface area (Å²) in [6, 6.07) is 23.2. The molecule has 0 aliphatic rings. The molecule has 1 N–H and O–H groups in total. The van der Waals surface area contributed by atoms with E-state index in [9.17, 15) is 14.4 Å². The van der Waals surface area contributed by atoms with E-state index in [1.165, 1.54) is 44.2 Å². The van der Waals surface area contributed by atoms with Crippen LogP contribution in [0.1, 0.15) is 31.5 Å². The number of methoxy groups -OCH3 is 2. The van der Waals surface area contributed by atoms with Gasteiger partial charge < -0.3 is 14.8 Å². The van der Waals surface area contributed by atoms with E-state index in [-0.39, 0.29) is 22.7 Å². The first-order chi connectivity index (χ1) is 15.0. The van der Waals surface area contributed by atoms with Gasteiger partial charge in [-0.25, -0.2) is 9.59 Å². The summed E-state index contributed by atoms with van der Waals surface area (Å²) in [6.07, 6.45) is 0. The van der Waals surface area contributed by atoms with Gasteiger partial charge >= 0.3 is 11.9 Å². The summed E-state index contributed by atoms with van der Waals surface area (Å²) in [6.45, 7) is 0. The van der Waals surface area contributed by atoms with Crippen molar-refractivity contribution in [2.75, 3.05) is 19.5 Å². The number of amides is 1. The van der Waals surface area contributed by atoms with Gasteiger partial charge in [0.1, 0.15) is 5.25 Å². The molecule has 7 heteroatoms. The van der Waals surface area contributed by atoms with Crippen LogP contribution in [0.4, 0.5) is 5.69 Å². The molecule has 0 aromatic heterocycles. The van der Waals surface area contributed by atoms with E-state index in [0.717, 1.165) is 10.5 Å². The van der Waals surface area contributed by atoms with Crippen molar-refractivity contribution in [1.29, 1.82) is 0 Å². The molecule has 1 amide bonds. The number of rotatable bonds is 7. The van der Waals surface area contributed by atoms with Gasteiger partial charge in [0.25, 0.3) is 0 Å². The quantitative estimate of drug-likeness (QED) is 0.427. The van der Waals surface area contributed by atoms with Crippen LogP contribution >= 0.6 is 11.8 Å². The van der Waals surface area contributed by atoms with Gasteiger partial charge in [-0.1, -0.05) is 48.5 Å². The lowest BCUT2D eigenvalue weighted by molar-refractivity contribution is -0.115. The Morgan fingerprint density at radius 3 is 2.03 bits per heavy atom. The van der Waals surface area contributed by atoms with Gasteiger partial charge in [0.15, 0.2) is 0 Å². The normalized spacial score (nSPS) is 11.3. The Labute approximate surface area is 184 Å². The minimum absolute atomic E-state index is 0.139. The van der Waals surface area contributed by atoms with Gasteiger partial charge in [0.05, 0.1) is 31.0 Å². The standard InChI is InChI=1S/C24H21NO5S/c1-29-23(27)17-13-14-19(24(28)30-2)20(15-17)25-22(26)21(16-9-5-3-6-10-16)31-18-11-7-4-8-12-18/h3-15,21H,1-2H3,(H,25,26)/t21-/m1/s1. The van der Waals surface area contributed by atoms with E-state index in [1.54, 1.807) is 0 Å². The van der Waals surface area contributed by atoms with Gasteiger partial charge in [0.2, 0.25) is 5.91 Å². The predicted octanol–water partition coefficient (Wildman–Crippen LogP) is 4.73. The summed E-state index contributed by atoms with van der Waals surface area (Å²) in [4.78, 5) is 38.4. The Morgan fingerprint density at radius 1 is 0.806 bits per heavy atom. The van der Waals surface area contributed by atoms with Gasteiger partial charge in [-0.15, -0.1) is 11.8 Å². The smallest absolute Gasteiger partial charge is 0.339 e. The summed E-state index contributed by atoms with van der Waals surface area (Å²) in [5, 5.41) is 2.21. The fraction of sp³-hybridized carbons (Fsp3) is 0.125. The molecule has 0 unspecified atom stereocenters. The summed E-state index contributed by atoms with van der Waals surface area (Å²) >= 11 is 1.38. The van der Waals surface area contributed by atoms with E-state index in [0.29, 0.717) is 0 Å². The van der Waals surface area contributed by atoms with Gasteiger partial charge in [-0.3, -0.25) is 4.79 Å². The van der Waals surface area contributed by atoms with Crippen LogP contribution < -0.4 is 5.32 Å². The van der Waals surface area contributed by atoms with Gasteiger partial charge in [0, 0.05) is 4.90 Å². The number of ether oxygens (including phenoxy) is 2. The number of hydrogen-bond acceptors (Lipinski definition) is 6. The molecule has 6 nitrogen and oxygen atoms in total. The van der Waals surface area contributed by atoms with Crippen molar-refractivity contribution >= 4 is 35.3 Å². The van der Waals surface area contributed by atoms with Gasteiger partial charge in [-0.2, -0.15) is 0 Å². The average Bonchev–Trinajstić information content (AvgIpc) is 2.82. The Hall–Kier alpha value is -3.58. The third kappa shape index (κ3) is 5.52. The first-order valence-electron chi connectivity index (χ1n) is 9.41. The van der Waals surface area contributed by atoms with Crippen molar-refractivity contribution in [2.24, 2.45) is 0 Å². The maximum Gasteiger partial charge on any atom is 0.339 e. The second-order valence-electron chi connectivity index (χ2n) is 6.45. The lowest BCUT2D eigenvalue weighted by Gasteiger charge is -2.18. The minimum Gasteiger partial charge on any atom is -0.465 e. The molecule has 0 radical (unpaired) electrons. The highest BCUT2D eigenvalue weighted by atomic mass is 32.2. The molecule has 0 aliphatic heterocycles. The van der Waals surface area contributed by atoms with Crippen LogP contribution in [0.15, 0.2) is 83.8 Å². The zero-order chi connectivity index (χ0) is 22.2. The van der Waals surface area contributed by atoms with Crippen molar-refractivity contribution in [3.05, 3.63) is 95.6 Å². The number of carbonyl (C=O) groups excluding carboxylic acids is 3. The summed E-state index contributed by atoms with van der Waals surface area (Å²) in [5.41, 5.74) is 1.32. The third-order valence-electron chi connectivity index (χ3n) is 4.44. The zero-order valence-corrected chi connectivity index (χ0v) is 17.8. The largest absolute Gasteiger partial charge is 0.465 e. The van der Waals surface area contributed by atoms with Crippen LogP contribution in [0, 0.1) is 0 Å². The van der Waals surface area contributed by atoms with Crippen molar-refractivity contribution in [3.63, 3.8) is 0 Å².